The molecule has 0 spiro atoms. The van der Waals surface area contributed by atoms with Gasteiger partial charge >= 0.3 is 0 Å². The Balaban J connectivity index is 1.89. The Morgan fingerprint density at radius 1 is 1.24 bits per heavy atom. The van der Waals surface area contributed by atoms with E-state index in [-0.39, 0.29) is 17.5 Å². The average molecular weight is 486 g/mol. The molecular formula is C25H36ClN7O. The number of nitrogens with zero attached hydrogens (tertiary/aromatic N) is 5. The summed E-state index contributed by atoms with van der Waals surface area (Å²) in [5.41, 5.74) is 8.43. The molecule has 9 heteroatoms. The molecule has 2 aromatic rings. The number of hydrogen-bond donors (Lipinski definition) is 2. The SMILES string of the molecule is CCC(C)N=Cc1nc(N2CCN(C(C)=O)CC2)nc(NC(C)(C)Cc2ccc(Cl)cc2)c1N. The highest BCUT2D eigenvalue weighted by Crippen LogP contribution is 2.27. The Morgan fingerprint density at radius 2 is 1.88 bits per heavy atom. The summed E-state index contributed by atoms with van der Waals surface area (Å²) in [6, 6.07) is 8.02. The number of carbonyl (C=O) groups is 1. The van der Waals surface area contributed by atoms with Crippen LogP contribution in [0, 0.1) is 0 Å². The smallest absolute Gasteiger partial charge is 0.228 e. The molecule has 1 aliphatic rings. The van der Waals surface area contributed by atoms with Gasteiger partial charge in [0, 0.05) is 55.9 Å². The average Bonchev–Trinajstić information content (AvgIpc) is 2.80. The summed E-state index contributed by atoms with van der Waals surface area (Å²) in [4.78, 5) is 29.8. The normalized spacial score (nSPS) is 15.6. The van der Waals surface area contributed by atoms with E-state index in [0.717, 1.165) is 18.4 Å². The zero-order chi connectivity index (χ0) is 24.9. The van der Waals surface area contributed by atoms with Gasteiger partial charge in [-0.3, -0.25) is 9.79 Å². The maximum atomic E-state index is 11.7. The Bertz CT molecular complexity index is 1010. The monoisotopic (exact) mass is 485 g/mol. The van der Waals surface area contributed by atoms with Crippen molar-refractivity contribution in [3.8, 4) is 0 Å². The van der Waals surface area contributed by atoms with Gasteiger partial charge in [-0.2, -0.15) is 4.98 Å². The highest BCUT2D eigenvalue weighted by atomic mass is 35.5. The van der Waals surface area contributed by atoms with Crippen molar-refractivity contribution in [1.29, 1.82) is 0 Å². The fraction of sp³-hybridized carbons (Fsp3) is 0.520. The predicted molar refractivity (Wildman–Crippen MR) is 141 cm³/mol. The molecule has 1 unspecified atom stereocenters. The molecule has 3 rings (SSSR count). The molecule has 1 aromatic carbocycles. The van der Waals surface area contributed by atoms with E-state index in [1.54, 1.807) is 13.1 Å². The molecular weight excluding hydrogens is 450 g/mol. The number of halogens is 1. The number of anilines is 3. The molecule has 1 fully saturated rings. The molecule has 0 bridgehead atoms. The highest BCUT2D eigenvalue weighted by molar-refractivity contribution is 6.30. The zero-order valence-electron chi connectivity index (χ0n) is 20.8. The molecule has 1 saturated heterocycles. The number of amides is 1. The van der Waals surface area contributed by atoms with Crippen molar-refractivity contribution < 1.29 is 4.79 Å². The molecule has 0 aliphatic carbocycles. The third-order valence-electron chi connectivity index (χ3n) is 6.03. The van der Waals surface area contributed by atoms with Crippen molar-refractivity contribution >= 4 is 41.2 Å². The second kappa shape index (κ2) is 11.0. The van der Waals surface area contributed by atoms with Crippen LogP contribution in [0.15, 0.2) is 29.3 Å². The molecule has 1 aliphatic heterocycles. The van der Waals surface area contributed by atoms with E-state index >= 15 is 0 Å². The van der Waals surface area contributed by atoms with Crippen LogP contribution in [0.5, 0.6) is 0 Å². The van der Waals surface area contributed by atoms with E-state index in [9.17, 15) is 4.79 Å². The van der Waals surface area contributed by atoms with Crippen molar-refractivity contribution in [3.63, 3.8) is 0 Å². The van der Waals surface area contributed by atoms with Gasteiger partial charge in [-0.15, -0.1) is 0 Å². The number of carbonyl (C=O) groups excluding carboxylic acids is 1. The van der Waals surface area contributed by atoms with Gasteiger partial charge in [0.2, 0.25) is 11.9 Å². The Hall–Kier alpha value is -2.87. The van der Waals surface area contributed by atoms with Gasteiger partial charge in [-0.25, -0.2) is 4.98 Å². The first-order valence-electron chi connectivity index (χ1n) is 11.8. The van der Waals surface area contributed by atoms with Crippen molar-refractivity contribution in [2.24, 2.45) is 4.99 Å². The molecule has 8 nitrogen and oxygen atoms in total. The van der Waals surface area contributed by atoms with Crippen LogP contribution in [0.1, 0.15) is 52.3 Å². The highest BCUT2D eigenvalue weighted by Gasteiger charge is 2.25. The maximum Gasteiger partial charge on any atom is 0.228 e. The van der Waals surface area contributed by atoms with E-state index in [2.05, 4.69) is 42.9 Å². The third-order valence-corrected chi connectivity index (χ3v) is 6.28. The van der Waals surface area contributed by atoms with Crippen LogP contribution in [0.3, 0.4) is 0 Å². The van der Waals surface area contributed by atoms with Crippen LogP contribution >= 0.6 is 11.6 Å². The van der Waals surface area contributed by atoms with Crippen molar-refractivity contribution in [1.82, 2.24) is 14.9 Å². The summed E-state index contributed by atoms with van der Waals surface area (Å²) in [6.07, 6.45) is 3.44. The van der Waals surface area contributed by atoms with Crippen LogP contribution in [0.2, 0.25) is 5.02 Å². The summed E-state index contributed by atoms with van der Waals surface area (Å²) in [5.74, 6) is 1.27. The topological polar surface area (TPSA) is 99.7 Å². The molecule has 0 saturated carbocycles. The lowest BCUT2D eigenvalue weighted by Crippen LogP contribution is -2.48. The minimum atomic E-state index is -0.327. The molecule has 1 aromatic heterocycles. The van der Waals surface area contributed by atoms with Gasteiger partial charge in [0.1, 0.15) is 11.4 Å². The lowest BCUT2D eigenvalue weighted by molar-refractivity contribution is -0.129. The molecule has 1 amide bonds. The first-order valence-corrected chi connectivity index (χ1v) is 12.2. The fourth-order valence-electron chi connectivity index (χ4n) is 3.81. The number of hydrogen-bond acceptors (Lipinski definition) is 7. The van der Waals surface area contributed by atoms with E-state index < -0.39 is 0 Å². The quantitative estimate of drug-likeness (QED) is 0.547. The molecule has 2 heterocycles. The molecule has 0 radical (unpaired) electrons. The second-order valence-electron chi connectivity index (χ2n) is 9.51. The minimum absolute atomic E-state index is 0.0885. The van der Waals surface area contributed by atoms with E-state index in [1.807, 2.05) is 29.2 Å². The number of rotatable bonds is 8. The Kier molecular flexibility index (Phi) is 8.36. The fourth-order valence-corrected chi connectivity index (χ4v) is 3.94. The van der Waals surface area contributed by atoms with Crippen molar-refractivity contribution in [2.75, 3.05) is 42.1 Å². The van der Waals surface area contributed by atoms with Crippen molar-refractivity contribution in [3.05, 3.63) is 40.5 Å². The van der Waals surface area contributed by atoms with Crippen LogP contribution in [0.4, 0.5) is 17.5 Å². The third kappa shape index (κ3) is 6.82. The molecule has 184 valence electrons. The van der Waals surface area contributed by atoms with Gasteiger partial charge in [0.05, 0.1) is 0 Å². The molecule has 34 heavy (non-hydrogen) atoms. The van der Waals surface area contributed by atoms with Crippen molar-refractivity contribution in [2.45, 2.75) is 59.0 Å². The minimum Gasteiger partial charge on any atom is -0.394 e. The van der Waals surface area contributed by atoms with Crippen LogP contribution < -0.4 is 16.0 Å². The number of benzene rings is 1. The first kappa shape index (κ1) is 25.7. The van der Waals surface area contributed by atoms with Gasteiger partial charge in [0.25, 0.3) is 0 Å². The molecule has 3 N–H and O–H groups in total. The predicted octanol–water partition coefficient (Wildman–Crippen LogP) is 4.03. The summed E-state index contributed by atoms with van der Waals surface area (Å²) >= 11 is 6.04. The first-order chi connectivity index (χ1) is 16.1. The lowest BCUT2D eigenvalue weighted by Gasteiger charge is -2.35. The van der Waals surface area contributed by atoms with E-state index in [0.29, 0.717) is 54.3 Å². The van der Waals surface area contributed by atoms with Gasteiger partial charge in [-0.05, 0) is 51.3 Å². The largest absolute Gasteiger partial charge is 0.394 e. The number of nitrogen functional groups attached to an aromatic ring is 1. The lowest BCUT2D eigenvalue weighted by atomic mass is 9.95. The standard InChI is InChI=1S/C25H36ClN7O/c1-6-17(2)28-16-21-22(27)23(31-25(4,5)15-19-7-9-20(26)10-8-19)30-24(29-21)33-13-11-32(12-14-33)18(3)34/h7-10,16-17H,6,11-15,27H2,1-5H3,(H,29,30,31). The Morgan fingerprint density at radius 3 is 2.47 bits per heavy atom. The summed E-state index contributed by atoms with van der Waals surface area (Å²) in [6.45, 7) is 12.6. The van der Waals surface area contributed by atoms with Gasteiger partial charge < -0.3 is 20.9 Å². The number of piperazine rings is 1. The van der Waals surface area contributed by atoms with E-state index in [1.165, 1.54) is 0 Å². The summed E-state index contributed by atoms with van der Waals surface area (Å²) in [5, 5.41) is 4.25. The van der Waals surface area contributed by atoms with Gasteiger partial charge in [0.15, 0.2) is 5.82 Å². The maximum absolute atomic E-state index is 11.7. The summed E-state index contributed by atoms with van der Waals surface area (Å²) in [7, 11) is 0. The van der Waals surface area contributed by atoms with E-state index in [4.69, 9.17) is 27.3 Å². The number of aliphatic imine (C=N–C) groups is 1. The van der Waals surface area contributed by atoms with Crippen LogP contribution in [0.25, 0.3) is 0 Å². The number of nitrogens with one attached hydrogen (secondary N) is 1. The van der Waals surface area contributed by atoms with Gasteiger partial charge in [-0.1, -0.05) is 30.7 Å². The number of aromatic nitrogens is 2. The van der Waals surface area contributed by atoms with Crippen LogP contribution in [-0.4, -0.2) is 64.7 Å². The molecule has 1 atom stereocenters. The summed E-state index contributed by atoms with van der Waals surface area (Å²) < 4.78 is 0. The number of nitrogens with two attached hydrogens (primary N) is 1. The zero-order valence-corrected chi connectivity index (χ0v) is 21.6. The Labute approximate surface area is 207 Å². The van der Waals surface area contributed by atoms with Crippen LogP contribution in [-0.2, 0) is 11.2 Å². The second-order valence-corrected chi connectivity index (χ2v) is 9.95.